The number of nitrogens with one attached hydrogen (secondary N) is 1. The van der Waals surface area contributed by atoms with E-state index in [1.54, 1.807) is 11.8 Å². The molecule has 1 atom stereocenters. The molecule has 9 nitrogen and oxygen atoms in total. The molecule has 2 aliphatic heterocycles. The molecule has 1 fully saturated rings. The largest absolute Gasteiger partial charge is 0.416 e. The summed E-state index contributed by atoms with van der Waals surface area (Å²) in [5.41, 5.74) is -0.506. The number of fused-ring (bicyclic) bond motifs is 1. The third kappa shape index (κ3) is 4.65. The van der Waals surface area contributed by atoms with Crippen molar-refractivity contribution in [2.75, 3.05) is 42.9 Å². The van der Waals surface area contributed by atoms with Crippen LogP contribution in [-0.4, -0.2) is 76.3 Å². The van der Waals surface area contributed by atoms with Crippen molar-refractivity contribution >= 4 is 29.1 Å². The minimum absolute atomic E-state index is 0.0546. The van der Waals surface area contributed by atoms with Gasteiger partial charge in [-0.15, -0.1) is 0 Å². The summed E-state index contributed by atoms with van der Waals surface area (Å²) in [5.74, 6) is -1.22. The number of hydrogen-bond acceptors (Lipinski definition) is 6. The van der Waals surface area contributed by atoms with Crippen LogP contribution in [0.5, 0.6) is 0 Å². The highest BCUT2D eigenvalue weighted by atomic mass is 19.4. The maximum absolute atomic E-state index is 13.2. The van der Waals surface area contributed by atoms with Gasteiger partial charge in [-0.3, -0.25) is 29.2 Å². The zero-order valence-corrected chi connectivity index (χ0v) is 17.7. The Kier molecular flexibility index (Phi) is 6.02. The van der Waals surface area contributed by atoms with Crippen molar-refractivity contribution in [2.45, 2.75) is 19.1 Å². The van der Waals surface area contributed by atoms with Gasteiger partial charge in [0.15, 0.2) is 0 Å². The van der Waals surface area contributed by atoms with Gasteiger partial charge in [-0.05, 0) is 25.1 Å². The van der Waals surface area contributed by atoms with Crippen LogP contribution < -0.4 is 10.2 Å². The molecule has 0 saturated carbocycles. The number of amides is 3. The molecule has 1 unspecified atom stereocenters. The van der Waals surface area contributed by atoms with E-state index in [4.69, 9.17) is 0 Å². The second-order valence-electron chi connectivity index (χ2n) is 7.80. The van der Waals surface area contributed by atoms with Gasteiger partial charge in [0.1, 0.15) is 12.2 Å². The molecule has 174 valence electrons. The Balaban J connectivity index is 1.45. The van der Waals surface area contributed by atoms with E-state index >= 15 is 0 Å². The van der Waals surface area contributed by atoms with E-state index in [9.17, 15) is 27.6 Å². The molecule has 33 heavy (non-hydrogen) atoms. The van der Waals surface area contributed by atoms with E-state index in [-0.39, 0.29) is 29.5 Å². The summed E-state index contributed by atoms with van der Waals surface area (Å²) < 4.78 is 39.1. The summed E-state index contributed by atoms with van der Waals surface area (Å²) in [6, 6.07) is 2.27. The van der Waals surface area contributed by atoms with Crippen molar-refractivity contribution in [2.24, 2.45) is 0 Å². The molecule has 1 aromatic carbocycles. The average molecular weight is 462 g/mol. The van der Waals surface area contributed by atoms with Crippen molar-refractivity contribution in [3.05, 3.63) is 48.0 Å². The number of rotatable bonds is 3. The van der Waals surface area contributed by atoms with Crippen molar-refractivity contribution in [1.29, 1.82) is 0 Å². The Morgan fingerprint density at radius 2 is 1.85 bits per heavy atom. The second kappa shape index (κ2) is 8.77. The number of piperazine rings is 1. The van der Waals surface area contributed by atoms with Gasteiger partial charge >= 0.3 is 6.18 Å². The maximum atomic E-state index is 13.2. The summed E-state index contributed by atoms with van der Waals surface area (Å²) in [6.07, 6.45) is -0.259. The first-order valence-electron chi connectivity index (χ1n) is 10.3. The number of anilines is 2. The van der Waals surface area contributed by atoms with Gasteiger partial charge in [0.2, 0.25) is 11.8 Å². The van der Waals surface area contributed by atoms with Crippen LogP contribution in [0.4, 0.5) is 24.5 Å². The number of nitrogens with zero attached hydrogens (tertiary/aromatic N) is 5. The van der Waals surface area contributed by atoms with Crippen molar-refractivity contribution in [3.63, 3.8) is 0 Å². The topological polar surface area (TPSA) is 98.7 Å². The van der Waals surface area contributed by atoms with Gasteiger partial charge in [0, 0.05) is 38.6 Å². The van der Waals surface area contributed by atoms with E-state index in [2.05, 4.69) is 15.3 Å². The van der Waals surface area contributed by atoms with E-state index in [1.165, 1.54) is 29.6 Å². The summed E-state index contributed by atoms with van der Waals surface area (Å²) in [7, 11) is 0. The number of benzene rings is 1. The van der Waals surface area contributed by atoms with E-state index < -0.39 is 29.6 Å². The SMILES string of the molecule is CC(C(=O)N1CC(=O)Nc2cc(C(F)(F)F)ccc21)N1CCN(C(=O)c2cnccn2)CC1. The lowest BCUT2D eigenvalue weighted by molar-refractivity contribution is -0.137. The number of hydrogen-bond donors (Lipinski definition) is 1. The molecule has 2 aromatic rings. The molecule has 2 aliphatic rings. The molecular weight excluding hydrogens is 441 g/mol. The zero-order valence-electron chi connectivity index (χ0n) is 17.7. The fraction of sp³-hybridized carbons (Fsp3) is 0.381. The van der Waals surface area contributed by atoms with Crippen LogP contribution in [0, 0.1) is 0 Å². The minimum Gasteiger partial charge on any atom is -0.335 e. The van der Waals surface area contributed by atoms with Crippen LogP contribution in [0.15, 0.2) is 36.8 Å². The maximum Gasteiger partial charge on any atom is 0.416 e. The zero-order chi connectivity index (χ0) is 23.8. The van der Waals surface area contributed by atoms with E-state index in [0.717, 1.165) is 12.1 Å². The Labute approximate surface area is 187 Å². The molecule has 3 amide bonds. The molecule has 0 bridgehead atoms. The Bertz CT molecular complexity index is 1070. The molecule has 0 spiro atoms. The third-order valence-corrected chi connectivity index (χ3v) is 5.75. The van der Waals surface area contributed by atoms with Crippen molar-refractivity contribution < 1.29 is 27.6 Å². The van der Waals surface area contributed by atoms with Gasteiger partial charge < -0.3 is 10.2 Å². The van der Waals surface area contributed by atoms with E-state index in [0.29, 0.717) is 26.2 Å². The summed E-state index contributed by atoms with van der Waals surface area (Å²) in [4.78, 5) is 50.5. The van der Waals surface area contributed by atoms with Gasteiger partial charge in [0.05, 0.1) is 29.2 Å². The first-order valence-corrected chi connectivity index (χ1v) is 10.3. The van der Waals surface area contributed by atoms with Crippen LogP contribution in [0.2, 0.25) is 0 Å². The standard InChI is InChI=1S/C21H21F3N6O3/c1-13(28-6-8-29(9-7-28)20(33)16-11-25-4-5-26-16)19(32)30-12-18(31)27-15-10-14(21(22,23)24)2-3-17(15)30/h2-5,10-11,13H,6-9,12H2,1H3,(H,27,31). The monoisotopic (exact) mass is 462 g/mol. The summed E-state index contributed by atoms with van der Waals surface area (Å²) in [6.45, 7) is 2.97. The molecule has 1 saturated heterocycles. The normalized spacial score (nSPS) is 17.9. The fourth-order valence-electron chi connectivity index (χ4n) is 3.93. The first-order chi connectivity index (χ1) is 15.6. The average Bonchev–Trinajstić information content (AvgIpc) is 2.81. The lowest BCUT2D eigenvalue weighted by atomic mass is 10.1. The highest BCUT2D eigenvalue weighted by Crippen LogP contribution is 2.37. The number of carbonyl (C=O) groups is 3. The fourth-order valence-corrected chi connectivity index (χ4v) is 3.93. The predicted octanol–water partition coefficient (Wildman–Crippen LogP) is 1.63. The molecule has 0 radical (unpaired) electrons. The number of aromatic nitrogens is 2. The lowest BCUT2D eigenvalue weighted by Gasteiger charge is -2.39. The highest BCUT2D eigenvalue weighted by molar-refractivity contribution is 6.11. The van der Waals surface area contributed by atoms with Crippen molar-refractivity contribution in [1.82, 2.24) is 19.8 Å². The van der Waals surface area contributed by atoms with Crippen LogP contribution in [0.3, 0.4) is 0 Å². The van der Waals surface area contributed by atoms with E-state index in [1.807, 2.05) is 4.90 Å². The molecule has 1 aromatic heterocycles. The Hall–Kier alpha value is -3.54. The third-order valence-electron chi connectivity index (χ3n) is 5.75. The van der Waals surface area contributed by atoms with Gasteiger partial charge in [-0.25, -0.2) is 4.98 Å². The smallest absolute Gasteiger partial charge is 0.335 e. The molecule has 0 aliphatic carbocycles. The van der Waals surface area contributed by atoms with Crippen LogP contribution in [0.1, 0.15) is 23.0 Å². The van der Waals surface area contributed by atoms with Gasteiger partial charge in [0.25, 0.3) is 5.91 Å². The van der Waals surface area contributed by atoms with Crippen LogP contribution in [0.25, 0.3) is 0 Å². The lowest BCUT2D eigenvalue weighted by Crippen LogP contribution is -2.57. The number of carbonyl (C=O) groups excluding carboxylic acids is 3. The quantitative estimate of drug-likeness (QED) is 0.745. The Morgan fingerprint density at radius 3 is 2.48 bits per heavy atom. The second-order valence-corrected chi connectivity index (χ2v) is 7.80. The number of halogens is 3. The van der Waals surface area contributed by atoms with Crippen LogP contribution in [-0.2, 0) is 15.8 Å². The molecule has 3 heterocycles. The highest BCUT2D eigenvalue weighted by Gasteiger charge is 2.37. The Morgan fingerprint density at radius 1 is 1.12 bits per heavy atom. The van der Waals surface area contributed by atoms with Gasteiger partial charge in [-0.2, -0.15) is 13.2 Å². The predicted molar refractivity (Wildman–Crippen MR) is 111 cm³/mol. The molecular formula is C21H21F3N6O3. The first kappa shape index (κ1) is 22.6. The van der Waals surface area contributed by atoms with Crippen LogP contribution >= 0.6 is 0 Å². The van der Waals surface area contributed by atoms with Gasteiger partial charge in [-0.1, -0.05) is 0 Å². The van der Waals surface area contributed by atoms with Crippen molar-refractivity contribution in [3.8, 4) is 0 Å². The number of alkyl halides is 3. The minimum atomic E-state index is -4.57. The molecule has 12 heteroatoms. The molecule has 1 N–H and O–H groups in total. The summed E-state index contributed by atoms with van der Waals surface area (Å²) in [5, 5.41) is 2.41. The summed E-state index contributed by atoms with van der Waals surface area (Å²) >= 11 is 0. The molecule has 4 rings (SSSR count).